The maximum atomic E-state index is 12.9. The van der Waals surface area contributed by atoms with Crippen molar-refractivity contribution in [2.45, 2.75) is 17.2 Å². The number of pyridine rings is 1. The number of aromatic nitrogens is 1. The lowest BCUT2D eigenvalue weighted by Gasteiger charge is -2.23. The Kier molecular flexibility index (Phi) is 6.35. The molecule has 2 rings (SSSR count). The molecule has 0 atom stereocenters. The predicted octanol–water partition coefficient (Wildman–Crippen LogP) is 4.52. The number of benzene rings is 1. The zero-order chi connectivity index (χ0) is 23.1. The molecule has 0 fully saturated rings. The first kappa shape index (κ1) is 23.8. The van der Waals surface area contributed by atoms with Gasteiger partial charge in [-0.25, -0.2) is 9.78 Å². The summed E-state index contributed by atoms with van der Waals surface area (Å²) in [7, 11) is -5.17. The molecular weight excluding hydrogens is 489 g/mol. The second kappa shape index (κ2) is 8.00. The summed E-state index contributed by atoms with van der Waals surface area (Å²) in [5, 5.41) is -1.45. The number of primary amides is 1. The summed E-state index contributed by atoms with van der Waals surface area (Å²) in [6, 6.07) is -0.115. The topological polar surface area (TPSA) is 105 Å². The Morgan fingerprint density at radius 1 is 1.00 bits per heavy atom. The first-order valence-electron chi connectivity index (χ1n) is 7.26. The number of hydrogen-bond acceptors (Lipinski definition) is 5. The van der Waals surface area contributed by atoms with E-state index < -0.39 is 60.3 Å². The van der Waals surface area contributed by atoms with Gasteiger partial charge in [-0.3, -0.25) is 5.43 Å². The van der Waals surface area contributed by atoms with Crippen LogP contribution in [0.5, 0.6) is 0 Å². The maximum Gasteiger partial charge on any atom is 0.417 e. The summed E-state index contributed by atoms with van der Waals surface area (Å²) in [5.74, 6) is -0.754. The van der Waals surface area contributed by atoms with Crippen molar-refractivity contribution in [1.82, 2.24) is 9.40 Å². The van der Waals surface area contributed by atoms with Gasteiger partial charge in [-0.15, -0.1) is 4.41 Å². The van der Waals surface area contributed by atoms with E-state index in [4.69, 9.17) is 28.9 Å². The smallest absolute Gasteiger partial charge is 0.349 e. The molecular formula is C14H8Cl2F6N4O3S. The van der Waals surface area contributed by atoms with Gasteiger partial charge < -0.3 is 5.73 Å². The molecule has 0 aliphatic carbocycles. The number of anilines is 1. The molecule has 2 amide bonds. The molecule has 0 saturated heterocycles. The molecule has 7 nitrogen and oxygen atoms in total. The lowest BCUT2D eigenvalue weighted by atomic mass is 10.2. The largest absolute Gasteiger partial charge is 0.417 e. The SMILES string of the molecule is NC(=O)N(Nc1ncc(C(F)(F)F)cc1Cl)S(=O)(=O)c1cc(C(F)(F)F)ccc1Cl. The molecule has 0 bridgehead atoms. The number of sulfonamides is 1. The summed E-state index contributed by atoms with van der Waals surface area (Å²) in [6.45, 7) is 0. The third-order valence-electron chi connectivity index (χ3n) is 3.35. The van der Waals surface area contributed by atoms with E-state index in [2.05, 4.69) is 4.98 Å². The van der Waals surface area contributed by atoms with Gasteiger partial charge in [-0.2, -0.15) is 34.8 Å². The lowest BCUT2D eigenvalue weighted by molar-refractivity contribution is -0.138. The van der Waals surface area contributed by atoms with Gasteiger partial charge in [0.2, 0.25) is 0 Å². The van der Waals surface area contributed by atoms with Crippen LogP contribution in [0.2, 0.25) is 10.0 Å². The van der Waals surface area contributed by atoms with Crippen LogP contribution < -0.4 is 11.2 Å². The highest BCUT2D eigenvalue weighted by Crippen LogP contribution is 2.35. The Morgan fingerprint density at radius 3 is 2.03 bits per heavy atom. The highest BCUT2D eigenvalue weighted by Gasteiger charge is 2.37. The van der Waals surface area contributed by atoms with Crippen molar-refractivity contribution in [2.24, 2.45) is 5.73 Å². The van der Waals surface area contributed by atoms with Crippen LogP contribution in [0.1, 0.15) is 11.1 Å². The van der Waals surface area contributed by atoms with Crippen LogP contribution in [-0.2, 0) is 22.4 Å². The highest BCUT2D eigenvalue weighted by atomic mass is 35.5. The molecule has 3 N–H and O–H groups in total. The van der Waals surface area contributed by atoms with Crippen molar-refractivity contribution in [3.63, 3.8) is 0 Å². The number of carbonyl (C=O) groups is 1. The fourth-order valence-corrected chi connectivity index (χ4v) is 3.83. The second-order valence-corrected chi connectivity index (χ2v) is 7.98. The van der Waals surface area contributed by atoms with E-state index in [1.165, 1.54) is 0 Å². The van der Waals surface area contributed by atoms with Gasteiger partial charge in [0.15, 0.2) is 5.82 Å². The zero-order valence-electron chi connectivity index (χ0n) is 14.0. The summed E-state index contributed by atoms with van der Waals surface area (Å²) >= 11 is 11.3. The number of hydrogen-bond donors (Lipinski definition) is 2. The molecule has 0 aliphatic heterocycles. The monoisotopic (exact) mass is 496 g/mol. The number of urea groups is 1. The van der Waals surface area contributed by atoms with E-state index in [9.17, 15) is 39.6 Å². The number of nitrogens with two attached hydrogens (primary N) is 1. The van der Waals surface area contributed by atoms with Gasteiger partial charge in [0.05, 0.1) is 21.2 Å². The third-order valence-corrected chi connectivity index (χ3v) is 5.73. The molecule has 0 saturated carbocycles. The van der Waals surface area contributed by atoms with Gasteiger partial charge in [0.1, 0.15) is 4.90 Å². The van der Waals surface area contributed by atoms with Crippen LogP contribution in [0.15, 0.2) is 35.4 Å². The van der Waals surface area contributed by atoms with Crippen LogP contribution in [-0.4, -0.2) is 23.8 Å². The number of alkyl halides is 6. The van der Waals surface area contributed by atoms with Crippen molar-refractivity contribution in [2.75, 3.05) is 5.43 Å². The number of hydrazine groups is 1. The van der Waals surface area contributed by atoms with Gasteiger partial charge in [-0.1, -0.05) is 23.2 Å². The highest BCUT2D eigenvalue weighted by molar-refractivity contribution is 7.89. The molecule has 1 aromatic heterocycles. The quantitative estimate of drug-likeness (QED) is 0.478. The molecule has 2 aromatic rings. The van der Waals surface area contributed by atoms with E-state index in [1.54, 1.807) is 5.43 Å². The van der Waals surface area contributed by atoms with Crippen molar-refractivity contribution < 1.29 is 39.6 Å². The fraction of sp³-hybridized carbons (Fsp3) is 0.143. The second-order valence-electron chi connectivity index (χ2n) is 5.41. The minimum Gasteiger partial charge on any atom is -0.349 e. The Balaban J connectivity index is 2.52. The molecule has 164 valence electrons. The number of amides is 2. The van der Waals surface area contributed by atoms with Gasteiger partial charge >= 0.3 is 18.4 Å². The Morgan fingerprint density at radius 2 is 1.57 bits per heavy atom. The summed E-state index contributed by atoms with van der Waals surface area (Å²) in [6.07, 6.45) is -9.49. The van der Waals surface area contributed by atoms with E-state index in [1.807, 2.05) is 0 Å². The van der Waals surface area contributed by atoms with Crippen LogP contribution in [0.25, 0.3) is 0 Å². The normalized spacial score (nSPS) is 12.5. The standard InChI is InChI=1S/C14H8Cl2F6N4O3S/c15-8-2-1-6(13(17,18)19)4-10(8)30(28,29)26(12(23)27)25-11-9(16)3-7(5-24-11)14(20,21)22/h1-5H,(H2,23,27)(H,24,25). The number of halogens is 8. The third kappa shape index (κ3) is 4.99. The van der Waals surface area contributed by atoms with E-state index in [-0.39, 0.29) is 16.7 Å². The van der Waals surface area contributed by atoms with Gasteiger partial charge in [0.25, 0.3) is 10.0 Å². The minimum absolute atomic E-state index is 0.150. The zero-order valence-corrected chi connectivity index (χ0v) is 16.3. The fourth-order valence-electron chi connectivity index (χ4n) is 1.98. The van der Waals surface area contributed by atoms with Crippen LogP contribution in [0.4, 0.5) is 37.0 Å². The average Bonchev–Trinajstić information content (AvgIpc) is 2.58. The van der Waals surface area contributed by atoms with Crippen molar-refractivity contribution >= 4 is 45.1 Å². The van der Waals surface area contributed by atoms with Crippen molar-refractivity contribution in [1.29, 1.82) is 0 Å². The number of rotatable bonds is 4. The van der Waals surface area contributed by atoms with Gasteiger partial charge in [0, 0.05) is 6.20 Å². The Hall–Kier alpha value is -2.45. The molecule has 0 aliphatic rings. The summed E-state index contributed by atoms with van der Waals surface area (Å²) in [5.41, 5.74) is 4.04. The Labute approximate surface area is 174 Å². The van der Waals surface area contributed by atoms with Crippen LogP contribution in [0, 0.1) is 0 Å². The molecule has 1 aromatic carbocycles. The van der Waals surface area contributed by atoms with Crippen molar-refractivity contribution in [3.8, 4) is 0 Å². The molecule has 0 radical (unpaired) electrons. The number of nitrogens with zero attached hydrogens (tertiary/aromatic N) is 2. The number of nitrogens with one attached hydrogen (secondary N) is 1. The Bertz CT molecular complexity index is 1090. The molecule has 0 spiro atoms. The minimum atomic E-state index is -5.17. The molecule has 16 heteroatoms. The molecule has 1 heterocycles. The lowest BCUT2D eigenvalue weighted by Crippen LogP contribution is -2.45. The van der Waals surface area contributed by atoms with Crippen LogP contribution >= 0.6 is 23.2 Å². The number of carbonyl (C=O) groups excluding carboxylic acids is 1. The first-order valence-corrected chi connectivity index (χ1v) is 9.45. The van der Waals surface area contributed by atoms with E-state index in [0.717, 1.165) is 0 Å². The first-order chi connectivity index (χ1) is 13.5. The van der Waals surface area contributed by atoms with E-state index >= 15 is 0 Å². The van der Waals surface area contributed by atoms with Gasteiger partial charge in [-0.05, 0) is 24.3 Å². The maximum absolute atomic E-state index is 12.9. The molecule has 30 heavy (non-hydrogen) atoms. The van der Waals surface area contributed by atoms with Crippen molar-refractivity contribution in [3.05, 3.63) is 51.6 Å². The predicted molar refractivity (Wildman–Crippen MR) is 92.9 cm³/mol. The summed E-state index contributed by atoms with van der Waals surface area (Å²) < 4.78 is 102. The summed E-state index contributed by atoms with van der Waals surface area (Å²) in [4.78, 5) is 13.7. The van der Waals surface area contributed by atoms with E-state index in [0.29, 0.717) is 18.2 Å². The average molecular weight is 497 g/mol. The van der Waals surface area contributed by atoms with Crippen LogP contribution in [0.3, 0.4) is 0 Å². The molecule has 0 unspecified atom stereocenters.